The molecule has 1 aromatic carbocycles. The molecule has 2 heterocycles. The Morgan fingerprint density at radius 1 is 1.35 bits per heavy atom. The molecule has 26 heavy (non-hydrogen) atoms. The van der Waals surface area contributed by atoms with Gasteiger partial charge in [0.15, 0.2) is 0 Å². The smallest absolute Gasteiger partial charge is 0.258 e. The number of nitrogens with one attached hydrogen (secondary N) is 2. The van der Waals surface area contributed by atoms with E-state index in [2.05, 4.69) is 25.6 Å². The topological polar surface area (TPSA) is 92.2 Å². The molecule has 8 heteroatoms. The fourth-order valence-corrected chi connectivity index (χ4v) is 2.99. The van der Waals surface area contributed by atoms with Crippen molar-refractivity contribution < 1.29 is 9.59 Å². The molecule has 8 nitrogen and oxygen atoms in total. The summed E-state index contributed by atoms with van der Waals surface area (Å²) in [4.78, 5) is 30.5. The molecule has 138 valence electrons. The fourth-order valence-electron chi connectivity index (χ4n) is 2.99. The van der Waals surface area contributed by atoms with Gasteiger partial charge in [-0.25, -0.2) is 0 Å². The fraction of sp³-hybridized carbons (Fsp3) is 0.444. The third kappa shape index (κ3) is 3.91. The molecule has 2 aromatic rings. The second-order valence-electron chi connectivity index (χ2n) is 6.42. The van der Waals surface area contributed by atoms with Gasteiger partial charge >= 0.3 is 0 Å². The Morgan fingerprint density at radius 3 is 2.73 bits per heavy atom. The highest BCUT2D eigenvalue weighted by atomic mass is 16.2. The number of aromatic nitrogens is 3. The molecule has 1 aliphatic heterocycles. The maximum absolute atomic E-state index is 12.4. The van der Waals surface area contributed by atoms with Gasteiger partial charge in [0.05, 0.1) is 6.04 Å². The third-order valence-corrected chi connectivity index (χ3v) is 4.62. The number of nitrogens with zero attached hydrogens (tertiary/aromatic N) is 4. The van der Waals surface area contributed by atoms with Crippen LogP contribution in [0.3, 0.4) is 0 Å². The number of benzene rings is 1. The highest BCUT2D eigenvalue weighted by Gasteiger charge is 2.25. The first-order valence-electron chi connectivity index (χ1n) is 8.80. The molecule has 0 spiro atoms. The van der Waals surface area contributed by atoms with Crippen LogP contribution in [0.5, 0.6) is 0 Å². The van der Waals surface area contributed by atoms with E-state index in [9.17, 15) is 9.59 Å². The molecule has 1 fully saturated rings. The first-order valence-corrected chi connectivity index (χ1v) is 8.80. The van der Waals surface area contributed by atoms with Crippen molar-refractivity contribution in [1.29, 1.82) is 0 Å². The molecule has 2 N–H and O–H groups in total. The van der Waals surface area contributed by atoms with Gasteiger partial charge in [0.25, 0.3) is 5.91 Å². The van der Waals surface area contributed by atoms with E-state index < -0.39 is 0 Å². The quantitative estimate of drug-likeness (QED) is 0.832. The first kappa shape index (κ1) is 18.1. The Bertz CT molecular complexity index is 799. The number of carbonyl (C=O) groups excluding carboxylic acids is 2. The number of hydrogen-bond donors (Lipinski definition) is 2. The van der Waals surface area contributed by atoms with Crippen molar-refractivity contribution in [2.75, 3.05) is 18.4 Å². The van der Waals surface area contributed by atoms with Crippen molar-refractivity contribution in [3.8, 4) is 0 Å². The Labute approximate surface area is 152 Å². The number of hydrogen-bond acceptors (Lipinski definition) is 5. The van der Waals surface area contributed by atoms with Crippen LogP contribution in [0.15, 0.2) is 24.3 Å². The summed E-state index contributed by atoms with van der Waals surface area (Å²) in [7, 11) is 1.80. The van der Waals surface area contributed by atoms with Gasteiger partial charge in [0, 0.05) is 38.7 Å². The normalized spacial score (nSPS) is 17.8. The SMILES string of the molecule is CCc1nc(NC(=O)c2ccc(CN3CCNC(=O)C3C)cc2)nn1C. The van der Waals surface area contributed by atoms with Crippen molar-refractivity contribution >= 4 is 17.8 Å². The zero-order valence-corrected chi connectivity index (χ0v) is 15.3. The van der Waals surface area contributed by atoms with Crippen LogP contribution in [0, 0.1) is 0 Å². The van der Waals surface area contributed by atoms with Crippen molar-refractivity contribution in [2.45, 2.75) is 32.9 Å². The number of anilines is 1. The minimum Gasteiger partial charge on any atom is -0.353 e. The molecule has 2 amide bonds. The van der Waals surface area contributed by atoms with Crippen LogP contribution in [-0.2, 0) is 24.8 Å². The monoisotopic (exact) mass is 356 g/mol. The van der Waals surface area contributed by atoms with Gasteiger partial charge in [-0.1, -0.05) is 19.1 Å². The lowest BCUT2D eigenvalue weighted by Crippen LogP contribution is -2.53. The summed E-state index contributed by atoms with van der Waals surface area (Å²) in [6.45, 7) is 6.06. The summed E-state index contributed by atoms with van der Waals surface area (Å²) < 4.78 is 1.66. The van der Waals surface area contributed by atoms with E-state index in [0.717, 1.165) is 24.4 Å². The summed E-state index contributed by atoms with van der Waals surface area (Å²) in [6.07, 6.45) is 0.751. The first-order chi connectivity index (χ1) is 12.5. The van der Waals surface area contributed by atoms with Crippen LogP contribution in [0.25, 0.3) is 0 Å². The lowest BCUT2D eigenvalue weighted by Gasteiger charge is -2.32. The van der Waals surface area contributed by atoms with Crippen molar-refractivity contribution in [2.24, 2.45) is 7.05 Å². The molecular weight excluding hydrogens is 332 g/mol. The van der Waals surface area contributed by atoms with Gasteiger partial charge in [-0.2, -0.15) is 4.98 Å². The maximum atomic E-state index is 12.4. The summed E-state index contributed by atoms with van der Waals surface area (Å²) >= 11 is 0. The van der Waals surface area contributed by atoms with E-state index in [0.29, 0.717) is 24.6 Å². The van der Waals surface area contributed by atoms with Gasteiger partial charge < -0.3 is 5.32 Å². The Hall–Kier alpha value is -2.74. The average molecular weight is 356 g/mol. The molecule has 0 aliphatic carbocycles. The van der Waals surface area contributed by atoms with Gasteiger partial charge in [-0.05, 0) is 24.6 Å². The van der Waals surface area contributed by atoms with E-state index in [1.165, 1.54) is 0 Å². The van der Waals surface area contributed by atoms with Crippen molar-refractivity contribution in [3.63, 3.8) is 0 Å². The van der Waals surface area contributed by atoms with Crippen LogP contribution in [0.1, 0.15) is 35.6 Å². The lowest BCUT2D eigenvalue weighted by atomic mass is 10.1. The predicted molar refractivity (Wildman–Crippen MR) is 97.7 cm³/mol. The molecule has 3 rings (SSSR count). The van der Waals surface area contributed by atoms with E-state index in [1.54, 1.807) is 23.9 Å². The van der Waals surface area contributed by atoms with Gasteiger partial charge in [-0.15, -0.1) is 5.10 Å². The van der Waals surface area contributed by atoms with Crippen LogP contribution in [0.2, 0.25) is 0 Å². The van der Waals surface area contributed by atoms with Gasteiger partial charge in [0.2, 0.25) is 11.9 Å². The van der Waals surface area contributed by atoms with E-state index in [1.807, 2.05) is 26.0 Å². The van der Waals surface area contributed by atoms with Crippen molar-refractivity contribution in [1.82, 2.24) is 25.0 Å². The number of rotatable bonds is 5. The Kier molecular flexibility index (Phi) is 5.32. The third-order valence-electron chi connectivity index (χ3n) is 4.62. The second kappa shape index (κ2) is 7.65. The molecule has 1 atom stereocenters. The van der Waals surface area contributed by atoms with Crippen LogP contribution in [0.4, 0.5) is 5.95 Å². The molecular formula is C18H24N6O2. The van der Waals surface area contributed by atoms with Crippen LogP contribution < -0.4 is 10.6 Å². The van der Waals surface area contributed by atoms with Gasteiger partial charge in [0.1, 0.15) is 5.82 Å². The van der Waals surface area contributed by atoms with Crippen molar-refractivity contribution in [3.05, 3.63) is 41.2 Å². The largest absolute Gasteiger partial charge is 0.353 e. The second-order valence-corrected chi connectivity index (χ2v) is 6.42. The number of amides is 2. The van der Waals surface area contributed by atoms with Gasteiger partial charge in [-0.3, -0.25) is 24.5 Å². The molecule has 0 saturated carbocycles. The highest BCUT2D eigenvalue weighted by Crippen LogP contribution is 2.13. The summed E-state index contributed by atoms with van der Waals surface area (Å²) in [5, 5.41) is 9.77. The molecule has 0 bridgehead atoms. The summed E-state index contributed by atoms with van der Waals surface area (Å²) in [5.41, 5.74) is 1.61. The minimum atomic E-state index is -0.240. The highest BCUT2D eigenvalue weighted by molar-refractivity contribution is 6.03. The minimum absolute atomic E-state index is 0.0570. The van der Waals surface area contributed by atoms with E-state index in [-0.39, 0.29) is 17.9 Å². The average Bonchev–Trinajstić information content (AvgIpc) is 2.99. The maximum Gasteiger partial charge on any atom is 0.258 e. The number of aryl methyl sites for hydroxylation is 2. The summed E-state index contributed by atoms with van der Waals surface area (Å²) in [6, 6.07) is 7.25. The predicted octanol–water partition coefficient (Wildman–Crippen LogP) is 0.950. The lowest BCUT2D eigenvalue weighted by molar-refractivity contribution is -0.128. The summed E-state index contributed by atoms with van der Waals surface area (Å²) in [5.74, 6) is 0.944. The number of carbonyl (C=O) groups is 2. The molecule has 1 aromatic heterocycles. The Balaban J connectivity index is 1.63. The molecule has 1 unspecified atom stereocenters. The zero-order chi connectivity index (χ0) is 18.7. The van der Waals surface area contributed by atoms with Crippen LogP contribution in [-0.4, -0.2) is 50.6 Å². The zero-order valence-electron chi connectivity index (χ0n) is 15.3. The molecule has 1 saturated heterocycles. The standard InChI is InChI=1S/C18H24N6O2/c1-4-15-20-18(22-23(15)3)21-17(26)14-7-5-13(6-8-14)11-24-10-9-19-16(25)12(24)2/h5-8,12H,4,9-11H2,1-3H3,(H,19,25)(H,21,22,26). The molecule has 0 radical (unpaired) electrons. The van der Waals surface area contributed by atoms with E-state index in [4.69, 9.17) is 0 Å². The van der Waals surface area contributed by atoms with Crippen LogP contribution >= 0.6 is 0 Å². The van der Waals surface area contributed by atoms with E-state index >= 15 is 0 Å². The number of piperazine rings is 1. The Morgan fingerprint density at radius 2 is 2.08 bits per heavy atom. The molecule has 1 aliphatic rings.